The van der Waals surface area contributed by atoms with Crippen LogP contribution in [0.3, 0.4) is 0 Å². The summed E-state index contributed by atoms with van der Waals surface area (Å²) in [5.74, 6) is 1.20. The summed E-state index contributed by atoms with van der Waals surface area (Å²) in [5, 5.41) is 6.18. The van der Waals surface area contributed by atoms with Crippen LogP contribution in [-0.4, -0.2) is 31.3 Å². The first-order valence-corrected chi connectivity index (χ1v) is 8.49. The molecule has 0 bridgehead atoms. The number of anilines is 2. The topological polar surface area (TPSA) is 79.9 Å². The maximum absolute atomic E-state index is 12.2. The number of halogens is 1. The van der Waals surface area contributed by atoms with Gasteiger partial charge in [-0.25, -0.2) is 4.79 Å². The van der Waals surface area contributed by atoms with Crippen LogP contribution in [0.1, 0.15) is 6.42 Å². The third kappa shape index (κ3) is 3.39. The van der Waals surface area contributed by atoms with Gasteiger partial charge in [0, 0.05) is 35.4 Å². The van der Waals surface area contributed by atoms with Crippen molar-refractivity contribution in [1.82, 2.24) is 5.32 Å². The van der Waals surface area contributed by atoms with E-state index < -0.39 is 0 Å². The Bertz CT molecular complexity index is 856. The Morgan fingerprint density at radius 2 is 1.88 bits per heavy atom. The Hall–Kier alpha value is -2.93. The average Bonchev–Trinajstić information content (AvgIpc) is 3.21. The Balaban J connectivity index is 1.36. The van der Waals surface area contributed by atoms with Crippen LogP contribution in [0.2, 0.25) is 5.02 Å². The summed E-state index contributed by atoms with van der Waals surface area (Å²) >= 11 is 5.88. The molecule has 2 aromatic rings. The number of benzene rings is 2. The van der Waals surface area contributed by atoms with Crippen molar-refractivity contribution in [3.05, 3.63) is 47.5 Å². The lowest BCUT2D eigenvalue weighted by Gasteiger charge is -2.17. The zero-order valence-electron chi connectivity index (χ0n) is 13.7. The molecule has 7 nitrogen and oxygen atoms in total. The summed E-state index contributed by atoms with van der Waals surface area (Å²) in [6.07, 6.45) is 0.247. The van der Waals surface area contributed by atoms with Crippen LogP contribution in [0.4, 0.5) is 16.2 Å². The van der Waals surface area contributed by atoms with Crippen molar-refractivity contribution in [1.29, 1.82) is 0 Å². The fourth-order valence-corrected chi connectivity index (χ4v) is 3.13. The van der Waals surface area contributed by atoms with Crippen molar-refractivity contribution in [2.45, 2.75) is 12.5 Å². The van der Waals surface area contributed by atoms with E-state index in [0.29, 0.717) is 28.8 Å². The molecule has 2 aliphatic heterocycles. The molecule has 0 radical (unpaired) electrons. The summed E-state index contributed by atoms with van der Waals surface area (Å²) in [5.41, 5.74) is 1.35. The van der Waals surface area contributed by atoms with Crippen molar-refractivity contribution in [3.8, 4) is 11.5 Å². The van der Waals surface area contributed by atoms with E-state index in [-0.39, 0.29) is 31.2 Å². The van der Waals surface area contributed by atoms with Crippen LogP contribution in [0.15, 0.2) is 42.5 Å². The van der Waals surface area contributed by atoms with Gasteiger partial charge < -0.3 is 25.0 Å². The second-order valence-corrected chi connectivity index (χ2v) is 6.48. The molecular weight excluding hydrogens is 358 g/mol. The number of nitrogens with one attached hydrogen (secondary N) is 2. The van der Waals surface area contributed by atoms with Crippen LogP contribution in [0.25, 0.3) is 0 Å². The highest BCUT2D eigenvalue weighted by atomic mass is 35.5. The number of hydrogen-bond donors (Lipinski definition) is 2. The van der Waals surface area contributed by atoms with Crippen LogP contribution in [0.5, 0.6) is 11.5 Å². The number of nitrogens with zero attached hydrogens (tertiary/aromatic N) is 1. The largest absolute Gasteiger partial charge is 0.454 e. The molecular formula is C18H16ClN3O4. The lowest BCUT2D eigenvalue weighted by molar-refractivity contribution is -0.117. The van der Waals surface area contributed by atoms with Crippen molar-refractivity contribution in [2.24, 2.45) is 0 Å². The lowest BCUT2D eigenvalue weighted by Crippen LogP contribution is -2.39. The minimum Gasteiger partial charge on any atom is -0.454 e. The summed E-state index contributed by atoms with van der Waals surface area (Å²) in [6, 6.07) is 11.6. The zero-order valence-corrected chi connectivity index (χ0v) is 14.5. The third-order valence-corrected chi connectivity index (χ3v) is 4.48. The normalized spacial score (nSPS) is 18.1. The van der Waals surface area contributed by atoms with Gasteiger partial charge in [-0.15, -0.1) is 0 Å². The summed E-state index contributed by atoms with van der Waals surface area (Å²) in [6.45, 7) is 0.588. The van der Waals surface area contributed by atoms with E-state index in [9.17, 15) is 9.59 Å². The van der Waals surface area contributed by atoms with Crippen LogP contribution >= 0.6 is 11.6 Å². The highest BCUT2D eigenvalue weighted by Crippen LogP contribution is 2.34. The molecule has 0 aromatic heterocycles. The van der Waals surface area contributed by atoms with Crippen LogP contribution in [0, 0.1) is 0 Å². The van der Waals surface area contributed by atoms with E-state index in [0.717, 1.165) is 5.69 Å². The molecule has 134 valence electrons. The fraction of sp³-hybridized carbons (Fsp3) is 0.222. The van der Waals surface area contributed by atoms with Crippen molar-refractivity contribution >= 4 is 34.9 Å². The molecule has 2 aromatic carbocycles. The van der Waals surface area contributed by atoms with E-state index in [2.05, 4.69) is 10.6 Å². The smallest absolute Gasteiger partial charge is 0.319 e. The molecule has 1 fully saturated rings. The molecule has 1 atom stereocenters. The molecule has 26 heavy (non-hydrogen) atoms. The van der Waals surface area contributed by atoms with Gasteiger partial charge in [-0.3, -0.25) is 4.79 Å². The standard InChI is InChI=1S/C18H16ClN3O4/c19-11-1-4-14(5-2-11)22-9-13(8-17(22)23)21-18(24)20-12-3-6-15-16(7-12)26-10-25-15/h1-7,13H,8-10H2,(H2,20,21,24)/t13-/m0/s1. The molecule has 2 heterocycles. The lowest BCUT2D eigenvalue weighted by atomic mass is 10.2. The minimum absolute atomic E-state index is 0.0410. The Labute approximate surface area is 154 Å². The zero-order chi connectivity index (χ0) is 18.1. The van der Waals surface area contributed by atoms with Gasteiger partial charge in [-0.1, -0.05) is 11.6 Å². The van der Waals surface area contributed by atoms with Crippen molar-refractivity contribution < 1.29 is 19.1 Å². The first-order valence-electron chi connectivity index (χ1n) is 8.11. The van der Waals surface area contributed by atoms with Gasteiger partial charge in [-0.2, -0.15) is 0 Å². The van der Waals surface area contributed by atoms with E-state index in [1.165, 1.54) is 0 Å². The molecule has 0 aliphatic carbocycles. The van der Waals surface area contributed by atoms with Gasteiger partial charge in [0.2, 0.25) is 12.7 Å². The first-order chi connectivity index (χ1) is 12.6. The maximum Gasteiger partial charge on any atom is 0.319 e. The van der Waals surface area contributed by atoms with E-state index >= 15 is 0 Å². The van der Waals surface area contributed by atoms with Gasteiger partial charge in [0.05, 0.1) is 6.04 Å². The average molecular weight is 374 g/mol. The van der Waals surface area contributed by atoms with Gasteiger partial charge >= 0.3 is 6.03 Å². The number of ether oxygens (including phenoxy) is 2. The van der Waals surface area contributed by atoms with Crippen LogP contribution < -0.4 is 25.0 Å². The molecule has 2 aliphatic rings. The predicted octanol–water partition coefficient (Wildman–Crippen LogP) is 3.00. The van der Waals surface area contributed by atoms with Crippen molar-refractivity contribution in [3.63, 3.8) is 0 Å². The molecule has 4 rings (SSSR count). The van der Waals surface area contributed by atoms with E-state index in [4.69, 9.17) is 21.1 Å². The quantitative estimate of drug-likeness (QED) is 0.866. The van der Waals surface area contributed by atoms with E-state index in [1.54, 1.807) is 47.4 Å². The SMILES string of the molecule is O=C(Nc1ccc2c(c1)OCO2)N[C@H]1CC(=O)N(c2ccc(Cl)cc2)C1. The monoisotopic (exact) mass is 373 g/mol. The molecule has 2 N–H and O–H groups in total. The Morgan fingerprint density at radius 3 is 2.69 bits per heavy atom. The number of rotatable bonds is 3. The number of fused-ring (bicyclic) bond motifs is 1. The minimum atomic E-state index is -0.375. The Kier molecular flexibility index (Phi) is 4.30. The van der Waals surface area contributed by atoms with Crippen molar-refractivity contribution in [2.75, 3.05) is 23.6 Å². The molecule has 8 heteroatoms. The highest BCUT2D eigenvalue weighted by molar-refractivity contribution is 6.30. The maximum atomic E-state index is 12.2. The number of hydrogen-bond acceptors (Lipinski definition) is 4. The second kappa shape index (κ2) is 6.76. The van der Waals surface area contributed by atoms with Gasteiger partial charge in [0.25, 0.3) is 0 Å². The van der Waals surface area contributed by atoms with Gasteiger partial charge in [0.1, 0.15) is 0 Å². The van der Waals surface area contributed by atoms with Gasteiger partial charge in [-0.05, 0) is 36.4 Å². The molecule has 3 amide bonds. The number of carbonyl (C=O) groups is 2. The molecule has 0 saturated carbocycles. The molecule has 1 saturated heterocycles. The Morgan fingerprint density at radius 1 is 1.12 bits per heavy atom. The second-order valence-electron chi connectivity index (χ2n) is 6.05. The highest BCUT2D eigenvalue weighted by Gasteiger charge is 2.31. The molecule has 0 spiro atoms. The summed E-state index contributed by atoms with van der Waals surface area (Å²) in [4.78, 5) is 26.1. The number of amides is 3. The number of carbonyl (C=O) groups excluding carboxylic acids is 2. The predicted molar refractivity (Wildman–Crippen MR) is 96.9 cm³/mol. The summed E-state index contributed by atoms with van der Waals surface area (Å²) < 4.78 is 10.5. The summed E-state index contributed by atoms with van der Waals surface area (Å²) in [7, 11) is 0. The first kappa shape index (κ1) is 16.5. The molecule has 0 unspecified atom stereocenters. The third-order valence-electron chi connectivity index (χ3n) is 4.23. The van der Waals surface area contributed by atoms with E-state index in [1.807, 2.05) is 0 Å². The fourth-order valence-electron chi connectivity index (χ4n) is 3.00. The van der Waals surface area contributed by atoms with Crippen LogP contribution in [-0.2, 0) is 4.79 Å². The van der Waals surface area contributed by atoms with Gasteiger partial charge in [0.15, 0.2) is 11.5 Å². The number of urea groups is 1.